The third-order valence-corrected chi connectivity index (χ3v) is 3.94. The number of hydrogen-bond donors (Lipinski definition) is 0. The van der Waals surface area contributed by atoms with Crippen LogP contribution in [0.2, 0.25) is 0 Å². The average Bonchev–Trinajstić information content (AvgIpc) is 2.69. The van der Waals surface area contributed by atoms with Crippen LogP contribution in [0.1, 0.15) is 11.3 Å². The van der Waals surface area contributed by atoms with E-state index in [1.807, 2.05) is 30.5 Å². The topological polar surface area (TPSA) is 30.2 Å². The molecule has 0 unspecified atom stereocenters. The summed E-state index contributed by atoms with van der Waals surface area (Å²) in [6, 6.07) is 5.04. The second-order valence-electron chi connectivity index (χ2n) is 4.44. The molecule has 0 aromatic carbocycles. The minimum absolute atomic E-state index is 0.344. The van der Waals surface area contributed by atoms with Gasteiger partial charge in [0, 0.05) is 16.4 Å². The van der Waals surface area contributed by atoms with Gasteiger partial charge in [-0.05, 0) is 53.5 Å². The Morgan fingerprint density at radius 2 is 2.05 bits per heavy atom. The molecule has 3 heterocycles. The molecule has 0 radical (unpaired) electrons. The Morgan fingerprint density at radius 1 is 1.26 bits per heavy atom. The van der Waals surface area contributed by atoms with Crippen LogP contribution in [0.15, 0.2) is 35.1 Å². The first-order chi connectivity index (χ1) is 9.06. The normalized spacial score (nSPS) is 11.2. The zero-order chi connectivity index (χ0) is 13.6. The van der Waals surface area contributed by atoms with Crippen LogP contribution in [0.4, 0.5) is 4.39 Å². The molecule has 0 aliphatic carbocycles. The number of pyridine rings is 2. The Balaban J connectivity index is 2.25. The van der Waals surface area contributed by atoms with E-state index in [1.54, 1.807) is 6.07 Å². The first-order valence-corrected chi connectivity index (χ1v) is 6.62. The largest absolute Gasteiger partial charge is 0.302 e. The van der Waals surface area contributed by atoms with Crippen molar-refractivity contribution in [3.63, 3.8) is 0 Å². The molecule has 3 rings (SSSR count). The van der Waals surface area contributed by atoms with E-state index >= 15 is 0 Å². The molecule has 0 spiro atoms. The van der Waals surface area contributed by atoms with Crippen molar-refractivity contribution < 1.29 is 4.39 Å². The van der Waals surface area contributed by atoms with Crippen LogP contribution in [-0.2, 0) is 0 Å². The lowest BCUT2D eigenvalue weighted by atomic mass is 10.2. The lowest BCUT2D eigenvalue weighted by Gasteiger charge is -2.01. The van der Waals surface area contributed by atoms with Gasteiger partial charge in [0.1, 0.15) is 17.2 Å². The lowest BCUT2D eigenvalue weighted by Crippen LogP contribution is -1.90. The first kappa shape index (κ1) is 12.3. The maximum Gasteiger partial charge on any atom is 0.141 e. The van der Waals surface area contributed by atoms with Crippen LogP contribution < -0.4 is 0 Å². The monoisotopic (exact) mass is 319 g/mol. The van der Waals surface area contributed by atoms with Crippen LogP contribution in [-0.4, -0.2) is 14.4 Å². The van der Waals surface area contributed by atoms with Crippen molar-refractivity contribution >= 4 is 21.6 Å². The van der Waals surface area contributed by atoms with E-state index in [0.29, 0.717) is 5.69 Å². The van der Waals surface area contributed by atoms with Crippen LogP contribution in [0.3, 0.4) is 0 Å². The zero-order valence-corrected chi connectivity index (χ0v) is 12.1. The number of rotatable bonds is 1. The van der Waals surface area contributed by atoms with Crippen LogP contribution in [0, 0.1) is 19.7 Å². The molecule has 5 heteroatoms. The predicted molar refractivity (Wildman–Crippen MR) is 75.6 cm³/mol. The highest BCUT2D eigenvalue weighted by molar-refractivity contribution is 9.10. The molecule has 0 amide bonds. The highest BCUT2D eigenvalue weighted by atomic mass is 79.9. The van der Waals surface area contributed by atoms with Crippen molar-refractivity contribution in [2.75, 3.05) is 0 Å². The number of aromatic nitrogens is 3. The van der Waals surface area contributed by atoms with Gasteiger partial charge in [-0.2, -0.15) is 0 Å². The summed E-state index contributed by atoms with van der Waals surface area (Å²) in [5.41, 5.74) is 4.42. The van der Waals surface area contributed by atoms with E-state index in [0.717, 1.165) is 27.1 Å². The van der Waals surface area contributed by atoms with Crippen molar-refractivity contribution in [3.05, 3.63) is 52.1 Å². The third kappa shape index (κ3) is 2.04. The molecule has 3 nitrogen and oxygen atoms in total. The standard InChI is InChI=1S/C14H11BrFN3/c1-8-5-13-18-14(9(2)19(13)7-11(8)15)12-4-3-10(16)6-17-12/h3-7H,1-2H3. The van der Waals surface area contributed by atoms with Gasteiger partial charge in [0.15, 0.2) is 0 Å². The van der Waals surface area contributed by atoms with Gasteiger partial charge in [-0.1, -0.05) is 0 Å². The van der Waals surface area contributed by atoms with Gasteiger partial charge in [-0.15, -0.1) is 0 Å². The molecule has 0 saturated carbocycles. The van der Waals surface area contributed by atoms with Gasteiger partial charge in [-0.3, -0.25) is 4.98 Å². The summed E-state index contributed by atoms with van der Waals surface area (Å²) in [6.07, 6.45) is 3.19. The highest BCUT2D eigenvalue weighted by Gasteiger charge is 2.12. The van der Waals surface area contributed by atoms with E-state index in [9.17, 15) is 4.39 Å². The summed E-state index contributed by atoms with van der Waals surface area (Å²) in [6.45, 7) is 3.99. The van der Waals surface area contributed by atoms with Crippen molar-refractivity contribution in [2.24, 2.45) is 0 Å². The fourth-order valence-electron chi connectivity index (χ4n) is 2.04. The number of aryl methyl sites for hydroxylation is 2. The second kappa shape index (κ2) is 4.42. The van der Waals surface area contributed by atoms with Crippen molar-refractivity contribution in [1.82, 2.24) is 14.4 Å². The van der Waals surface area contributed by atoms with Crippen LogP contribution >= 0.6 is 15.9 Å². The Morgan fingerprint density at radius 3 is 2.74 bits per heavy atom. The van der Waals surface area contributed by atoms with Gasteiger partial charge in [0.25, 0.3) is 0 Å². The van der Waals surface area contributed by atoms with E-state index in [1.165, 1.54) is 12.3 Å². The lowest BCUT2D eigenvalue weighted by molar-refractivity contribution is 0.622. The van der Waals surface area contributed by atoms with Crippen molar-refractivity contribution in [3.8, 4) is 11.4 Å². The predicted octanol–water partition coefficient (Wildman–Crippen LogP) is 3.91. The van der Waals surface area contributed by atoms with Crippen molar-refractivity contribution in [2.45, 2.75) is 13.8 Å². The minimum Gasteiger partial charge on any atom is -0.302 e. The number of hydrogen-bond acceptors (Lipinski definition) is 2. The van der Waals surface area contributed by atoms with Gasteiger partial charge in [0.05, 0.1) is 11.9 Å². The molecule has 0 aliphatic heterocycles. The molecule has 0 fully saturated rings. The van der Waals surface area contributed by atoms with E-state index in [4.69, 9.17) is 0 Å². The number of halogens is 2. The molecule has 3 aromatic rings. The Bertz CT molecular complexity index is 762. The van der Waals surface area contributed by atoms with Crippen LogP contribution in [0.25, 0.3) is 17.0 Å². The summed E-state index contributed by atoms with van der Waals surface area (Å²) >= 11 is 3.51. The van der Waals surface area contributed by atoms with Gasteiger partial charge < -0.3 is 4.40 Å². The van der Waals surface area contributed by atoms with E-state index < -0.39 is 0 Å². The third-order valence-electron chi connectivity index (χ3n) is 3.11. The fraction of sp³-hybridized carbons (Fsp3) is 0.143. The summed E-state index contributed by atoms with van der Waals surface area (Å²) in [5, 5.41) is 0. The minimum atomic E-state index is -0.344. The number of fused-ring (bicyclic) bond motifs is 1. The molecule has 96 valence electrons. The first-order valence-electron chi connectivity index (χ1n) is 5.83. The smallest absolute Gasteiger partial charge is 0.141 e. The molecule has 0 saturated heterocycles. The molecule has 0 N–H and O–H groups in total. The van der Waals surface area contributed by atoms with E-state index in [2.05, 4.69) is 25.9 Å². The molecular weight excluding hydrogens is 309 g/mol. The quantitative estimate of drug-likeness (QED) is 0.680. The molecule has 0 atom stereocenters. The molecular formula is C14H11BrFN3. The van der Waals surface area contributed by atoms with Gasteiger partial charge in [-0.25, -0.2) is 9.37 Å². The summed E-state index contributed by atoms with van der Waals surface area (Å²) in [5.74, 6) is -0.344. The van der Waals surface area contributed by atoms with Crippen LogP contribution in [0.5, 0.6) is 0 Å². The van der Waals surface area contributed by atoms with Gasteiger partial charge in [0.2, 0.25) is 0 Å². The fourth-order valence-corrected chi connectivity index (χ4v) is 2.36. The summed E-state index contributed by atoms with van der Waals surface area (Å²) in [7, 11) is 0. The average molecular weight is 320 g/mol. The Kier molecular flexibility index (Phi) is 2.86. The second-order valence-corrected chi connectivity index (χ2v) is 5.29. The number of imidazole rings is 1. The van der Waals surface area contributed by atoms with Crippen molar-refractivity contribution in [1.29, 1.82) is 0 Å². The number of nitrogens with zero attached hydrogens (tertiary/aromatic N) is 3. The highest BCUT2D eigenvalue weighted by Crippen LogP contribution is 2.25. The Labute approximate surface area is 118 Å². The molecule has 0 bridgehead atoms. The Hall–Kier alpha value is -1.75. The maximum absolute atomic E-state index is 12.9. The van der Waals surface area contributed by atoms with E-state index in [-0.39, 0.29) is 5.82 Å². The summed E-state index contributed by atoms with van der Waals surface area (Å²) < 4.78 is 15.9. The molecule has 0 aliphatic rings. The van der Waals surface area contributed by atoms with Gasteiger partial charge >= 0.3 is 0 Å². The summed E-state index contributed by atoms with van der Waals surface area (Å²) in [4.78, 5) is 8.66. The SMILES string of the molecule is Cc1cc2nc(-c3ccc(F)cn3)c(C)n2cc1Br. The molecule has 3 aromatic heterocycles. The molecule has 19 heavy (non-hydrogen) atoms. The maximum atomic E-state index is 12.9. The zero-order valence-electron chi connectivity index (χ0n) is 10.5.